The summed E-state index contributed by atoms with van der Waals surface area (Å²) in [6.07, 6.45) is 3.25. The Hall–Kier alpha value is -1.68. The van der Waals surface area contributed by atoms with Gasteiger partial charge in [0, 0.05) is 19.6 Å². The predicted octanol–water partition coefficient (Wildman–Crippen LogP) is 3.63. The van der Waals surface area contributed by atoms with Crippen molar-refractivity contribution < 1.29 is 5.11 Å². The molecule has 0 bridgehead atoms. The molecule has 1 atom stereocenters. The van der Waals surface area contributed by atoms with Crippen LogP contribution in [0, 0.1) is 5.41 Å². The number of piperidine rings is 2. The van der Waals surface area contributed by atoms with Crippen molar-refractivity contribution in [1.82, 2.24) is 9.80 Å². The lowest BCUT2D eigenvalue weighted by molar-refractivity contribution is -0.0330. The number of likely N-dealkylation sites (N-methyl/N-ethyl adjacent to an activating group) is 1. The lowest BCUT2D eigenvalue weighted by Gasteiger charge is -2.48. The Bertz CT molecular complexity index is 693. The van der Waals surface area contributed by atoms with Crippen LogP contribution in [-0.2, 0) is 6.54 Å². The van der Waals surface area contributed by atoms with Gasteiger partial charge in [-0.3, -0.25) is 4.90 Å². The molecule has 138 valence electrons. The van der Waals surface area contributed by atoms with Crippen LogP contribution in [0.25, 0.3) is 11.1 Å². The lowest BCUT2D eigenvalue weighted by atomic mass is 9.71. The molecule has 26 heavy (non-hydrogen) atoms. The Morgan fingerprint density at radius 1 is 0.962 bits per heavy atom. The number of β-amino-alcohol motifs (C(OH)–C–C–N with tert-alkyl or cyclic N) is 1. The van der Waals surface area contributed by atoms with Crippen LogP contribution in [0.15, 0.2) is 54.6 Å². The minimum Gasteiger partial charge on any atom is -0.392 e. The molecule has 3 nitrogen and oxygen atoms in total. The van der Waals surface area contributed by atoms with Crippen LogP contribution in [0.4, 0.5) is 0 Å². The lowest BCUT2D eigenvalue weighted by Crippen LogP contribution is -2.52. The molecule has 2 aliphatic heterocycles. The van der Waals surface area contributed by atoms with Crippen molar-refractivity contribution in [3.8, 4) is 11.1 Å². The highest BCUT2D eigenvalue weighted by Crippen LogP contribution is 2.39. The van der Waals surface area contributed by atoms with Crippen LogP contribution in [0.3, 0.4) is 0 Å². The molecule has 4 rings (SSSR count). The van der Waals surface area contributed by atoms with Crippen LogP contribution < -0.4 is 0 Å². The number of hydrogen-bond donors (Lipinski definition) is 1. The minimum absolute atomic E-state index is 0.147. The van der Waals surface area contributed by atoms with Crippen molar-refractivity contribution in [2.75, 3.05) is 33.2 Å². The van der Waals surface area contributed by atoms with Gasteiger partial charge in [0.05, 0.1) is 6.10 Å². The van der Waals surface area contributed by atoms with Gasteiger partial charge in [-0.25, -0.2) is 0 Å². The van der Waals surface area contributed by atoms with E-state index in [2.05, 4.69) is 71.4 Å². The zero-order chi connectivity index (χ0) is 18.0. The summed E-state index contributed by atoms with van der Waals surface area (Å²) < 4.78 is 0. The maximum Gasteiger partial charge on any atom is 0.0672 e. The Morgan fingerprint density at radius 2 is 1.62 bits per heavy atom. The molecule has 2 saturated heterocycles. The van der Waals surface area contributed by atoms with Crippen LogP contribution in [-0.4, -0.2) is 54.2 Å². The molecule has 0 aromatic heterocycles. The van der Waals surface area contributed by atoms with Gasteiger partial charge in [0.1, 0.15) is 0 Å². The molecular weight excluding hydrogens is 320 g/mol. The van der Waals surface area contributed by atoms with Gasteiger partial charge in [0.15, 0.2) is 0 Å². The second-order valence-electron chi connectivity index (χ2n) is 8.39. The number of benzene rings is 2. The van der Waals surface area contributed by atoms with Crippen molar-refractivity contribution in [3.63, 3.8) is 0 Å². The van der Waals surface area contributed by atoms with E-state index in [1.54, 1.807) is 0 Å². The highest BCUT2D eigenvalue weighted by molar-refractivity contribution is 5.63. The summed E-state index contributed by atoms with van der Waals surface area (Å²) >= 11 is 0. The van der Waals surface area contributed by atoms with Crippen molar-refractivity contribution in [2.24, 2.45) is 5.41 Å². The summed E-state index contributed by atoms with van der Waals surface area (Å²) in [6, 6.07) is 19.6. The average molecular weight is 351 g/mol. The summed E-state index contributed by atoms with van der Waals surface area (Å²) in [5, 5.41) is 10.2. The third-order valence-electron chi connectivity index (χ3n) is 6.18. The smallest absolute Gasteiger partial charge is 0.0672 e. The molecular formula is C23H30N2O. The molecule has 1 unspecified atom stereocenters. The maximum atomic E-state index is 10.2. The highest BCUT2D eigenvalue weighted by Gasteiger charge is 2.40. The fourth-order valence-electron chi connectivity index (χ4n) is 4.86. The summed E-state index contributed by atoms with van der Waals surface area (Å²) in [5.41, 5.74) is 4.28. The molecule has 1 N–H and O–H groups in total. The van der Waals surface area contributed by atoms with Crippen molar-refractivity contribution >= 4 is 0 Å². The van der Waals surface area contributed by atoms with Crippen molar-refractivity contribution in [1.29, 1.82) is 0 Å². The fraction of sp³-hybridized carbons (Fsp3) is 0.478. The van der Waals surface area contributed by atoms with E-state index < -0.39 is 0 Å². The first-order valence-corrected chi connectivity index (χ1v) is 9.85. The molecule has 2 aliphatic rings. The van der Waals surface area contributed by atoms with Gasteiger partial charge in [-0.05, 0) is 61.5 Å². The van der Waals surface area contributed by atoms with Gasteiger partial charge in [-0.2, -0.15) is 0 Å². The number of likely N-dealkylation sites (tertiary alicyclic amines) is 2. The molecule has 0 aliphatic carbocycles. The summed E-state index contributed by atoms with van der Waals surface area (Å²) in [5.74, 6) is 0. The van der Waals surface area contributed by atoms with Gasteiger partial charge in [0.25, 0.3) is 0 Å². The third-order valence-corrected chi connectivity index (χ3v) is 6.18. The zero-order valence-electron chi connectivity index (χ0n) is 15.8. The summed E-state index contributed by atoms with van der Waals surface area (Å²) in [7, 11) is 2.14. The van der Waals surface area contributed by atoms with Crippen LogP contribution >= 0.6 is 0 Å². The molecule has 0 radical (unpaired) electrons. The quantitative estimate of drug-likeness (QED) is 0.916. The minimum atomic E-state index is -0.147. The summed E-state index contributed by atoms with van der Waals surface area (Å²) in [6.45, 7) is 5.29. The van der Waals surface area contributed by atoms with Gasteiger partial charge < -0.3 is 10.0 Å². The Morgan fingerprint density at radius 3 is 2.27 bits per heavy atom. The first kappa shape index (κ1) is 17.7. The van der Waals surface area contributed by atoms with E-state index in [1.807, 2.05) is 0 Å². The van der Waals surface area contributed by atoms with Crippen LogP contribution in [0.2, 0.25) is 0 Å². The average Bonchev–Trinajstić information content (AvgIpc) is 2.64. The van der Waals surface area contributed by atoms with Crippen LogP contribution in [0.1, 0.15) is 24.8 Å². The van der Waals surface area contributed by atoms with Crippen LogP contribution in [0.5, 0.6) is 0 Å². The van der Waals surface area contributed by atoms with Crippen molar-refractivity contribution in [2.45, 2.75) is 31.9 Å². The number of aliphatic hydroxyl groups is 1. The normalized spacial score (nSPS) is 24.0. The third kappa shape index (κ3) is 4.01. The number of aliphatic hydroxyl groups excluding tert-OH is 1. The van der Waals surface area contributed by atoms with Gasteiger partial charge in [-0.1, -0.05) is 54.6 Å². The highest BCUT2D eigenvalue weighted by atomic mass is 16.3. The van der Waals surface area contributed by atoms with Gasteiger partial charge >= 0.3 is 0 Å². The van der Waals surface area contributed by atoms with E-state index in [4.69, 9.17) is 0 Å². The SMILES string of the molecule is CN1CC(O)CC2(CCN(Cc3ccc(-c4ccccc4)cc3)CC2)C1. The van der Waals surface area contributed by atoms with E-state index in [1.165, 1.54) is 29.5 Å². The van der Waals surface area contributed by atoms with Gasteiger partial charge in [0.2, 0.25) is 0 Å². The van der Waals surface area contributed by atoms with Gasteiger partial charge in [-0.15, -0.1) is 0 Å². The van der Waals surface area contributed by atoms with E-state index in [0.717, 1.165) is 39.1 Å². The molecule has 2 fully saturated rings. The Kier molecular flexibility index (Phi) is 5.12. The largest absolute Gasteiger partial charge is 0.392 e. The topological polar surface area (TPSA) is 26.7 Å². The molecule has 2 aromatic rings. The van der Waals surface area contributed by atoms with Crippen molar-refractivity contribution in [3.05, 3.63) is 60.2 Å². The molecule has 0 amide bonds. The first-order chi connectivity index (χ1) is 12.6. The fourth-order valence-corrected chi connectivity index (χ4v) is 4.86. The van der Waals surface area contributed by atoms with E-state index in [-0.39, 0.29) is 6.10 Å². The molecule has 3 heteroatoms. The second kappa shape index (κ2) is 7.51. The monoisotopic (exact) mass is 350 g/mol. The standard InChI is InChI=1S/C23H30N2O/c1-24-17-22(26)15-23(18-24)11-13-25(14-12-23)16-19-7-9-21(10-8-19)20-5-3-2-4-6-20/h2-10,22,26H,11-18H2,1H3. The molecule has 1 spiro atoms. The Labute approximate surface area is 157 Å². The number of hydrogen-bond acceptors (Lipinski definition) is 3. The zero-order valence-corrected chi connectivity index (χ0v) is 15.8. The van der Waals surface area contributed by atoms with E-state index in [9.17, 15) is 5.11 Å². The number of nitrogens with zero attached hydrogens (tertiary/aromatic N) is 2. The van der Waals surface area contributed by atoms with E-state index >= 15 is 0 Å². The molecule has 2 aromatic carbocycles. The summed E-state index contributed by atoms with van der Waals surface area (Å²) in [4.78, 5) is 4.88. The molecule has 0 saturated carbocycles. The molecule has 2 heterocycles. The first-order valence-electron chi connectivity index (χ1n) is 9.85. The maximum absolute atomic E-state index is 10.2. The Balaban J connectivity index is 1.34. The number of rotatable bonds is 3. The van der Waals surface area contributed by atoms with E-state index in [0.29, 0.717) is 5.41 Å². The predicted molar refractivity (Wildman–Crippen MR) is 107 cm³/mol. The second-order valence-corrected chi connectivity index (χ2v) is 8.39.